The minimum absolute atomic E-state index is 0.205. The minimum atomic E-state index is -0.341. The van der Waals surface area contributed by atoms with Crippen molar-refractivity contribution in [2.45, 2.75) is 68.4 Å². The third-order valence-electron chi connectivity index (χ3n) is 5.34. The molecule has 2 saturated heterocycles. The maximum Gasteiger partial charge on any atom is 0.168 e. The average Bonchev–Trinajstić information content (AvgIpc) is 3.06. The van der Waals surface area contributed by atoms with Gasteiger partial charge in [0.1, 0.15) is 0 Å². The van der Waals surface area contributed by atoms with Crippen molar-refractivity contribution < 1.29 is 14.6 Å². The van der Waals surface area contributed by atoms with Crippen molar-refractivity contribution in [1.29, 1.82) is 0 Å². The summed E-state index contributed by atoms with van der Waals surface area (Å²) in [7, 11) is 0. The fourth-order valence-electron chi connectivity index (χ4n) is 4.17. The average molecular weight is 323 g/mol. The number of nitrogens with one attached hydrogen (secondary N) is 1. The van der Waals surface area contributed by atoms with Crippen LogP contribution in [-0.4, -0.2) is 35.8 Å². The number of piperidine rings is 1. The second kappa shape index (κ2) is 5.87. The molecule has 2 atom stereocenters. The second-order valence-corrected chi connectivity index (χ2v) is 8.11. The van der Waals surface area contributed by atoms with Gasteiger partial charge in [-0.2, -0.15) is 0 Å². The Morgan fingerprint density at radius 3 is 2.64 bits per heavy atom. The van der Waals surface area contributed by atoms with Crippen LogP contribution in [0.5, 0.6) is 0 Å². The topological polar surface area (TPSA) is 50.7 Å². The highest BCUT2D eigenvalue weighted by molar-refractivity contribution is 7.10. The molecule has 0 bridgehead atoms. The molecule has 3 fully saturated rings. The number of hydrogen-bond donors (Lipinski definition) is 2. The normalized spacial score (nSPS) is 34.0. The highest BCUT2D eigenvalue weighted by atomic mass is 32.1. The molecule has 1 saturated carbocycles. The van der Waals surface area contributed by atoms with E-state index in [9.17, 15) is 5.11 Å². The molecule has 2 N–H and O–H groups in total. The van der Waals surface area contributed by atoms with Crippen molar-refractivity contribution in [3.8, 4) is 0 Å². The quantitative estimate of drug-likeness (QED) is 0.834. The summed E-state index contributed by atoms with van der Waals surface area (Å²) in [6, 6.07) is 4.41. The lowest BCUT2D eigenvalue weighted by Crippen LogP contribution is -2.65. The van der Waals surface area contributed by atoms with E-state index in [4.69, 9.17) is 9.47 Å². The van der Waals surface area contributed by atoms with Gasteiger partial charge < -0.3 is 14.6 Å². The zero-order valence-corrected chi connectivity index (χ0v) is 13.7. The maximum absolute atomic E-state index is 10.4. The van der Waals surface area contributed by atoms with Gasteiger partial charge in [0.2, 0.25) is 0 Å². The van der Waals surface area contributed by atoms with E-state index in [0.717, 1.165) is 19.3 Å². The largest absolute Gasteiger partial charge is 0.393 e. The third kappa shape index (κ3) is 2.85. The van der Waals surface area contributed by atoms with E-state index < -0.39 is 0 Å². The van der Waals surface area contributed by atoms with E-state index in [1.165, 1.54) is 24.1 Å². The number of aliphatic hydroxyl groups excluding tert-OH is 1. The van der Waals surface area contributed by atoms with Gasteiger partial charge in [-0.1, -0.05) is 12.5 Å². The third-order valence-corrected chi connectivity index (χ3v) is 6.33. The molecule has 2 aliphatic heterocycles. The van der Waals surface area contributed by atoms with Gasteiger partial charge in [0.25, 0.3) is 0 Å². The summed E-state index contributed by atoms with van der Waals surface area (Å²) in [4.78, 5) is 1.29. The van der Waals surface area contributed by atoms with E-state index in [0.29, 0.717) is 19.6 Å². The SMILES string of the molecule is O[C@H]1C[C@@H](c2cccs2)NC2(COC3(CCCCC3)OC2)C1. The van der Waals surface area contributed by atoms with Crippen molar-refractivity contribution in [3.63, 3.8) is 0 Å². The highest BCUT2D eigenvalue weighted by Crippen LogP contribution is 2.41. The molecule has 0 aromatic carbocycles. The van der Waals surface area contributed by atoms with Crippen LogP contribution in [0.15, 0.2) is 17.5 Å². The Balaban J connectivity index is 1.47. The van der Waals surface area contributed by atoms with Crippen LogP contribution in [0.1, 0.15) is 55.9 Å². The Labute approximate surface area is 135 Å². The number of hydrogen-bond acceptors (Lipinski definition) is 5. The van der Waals surface area contributed by atoms with Crippen LogP contribution in [-0.2, 0) is 9.47 Å². The number of aliphatic hydroxyl groups is 1. The van der Waals surface area contributed by atoms with Crippen molar-refractivity contribution in [3.05, 3.63) is 22.4 Å². The predicted molar refractivity (Wildman–Crippen MR) is 85.9 cm³/mol. The first-order valence-corrected chi connectivity index (χ1v) is 9.34. The molecular weight excluding hydrogens is 298 g/mol. The zero-order chi connectivity index (χ0) is 15.0. The van der Waals surface area contributed by atoms with E-state index in [1.807, 2.05) is 0 Å². The lowest BCUT2D eigenvalue weighted by Gasteiger charge is -2.51. The van der Waals surface area contributed by atoms with Crippen LogP contribution >= 0.6 is 11.3 Å². The molecule has 22 heavy (non-hydrogen) atoms. The summed E-state index contributed by atoms with van der Waals surface area (Å²) in [6.07, 6.45) is 6.90. The van der Waals surface area contributed by atoms with Crippen molar-refractivity contribution in [1.82, 2.24) is 5.32 Å². The molecule has 0 amide bonds. The molecule has 4 rings (SSSR count). The van der Waals surface area contributed by atoms with Gasteiger partial charge in [-0.15, -0.1) is 11.3 Å². The summed E-state index contributed by atoms with van der Waals surface area (Å²) in [6.45, 7) is 1.29. The summed E-state index contributed by atoms with van der Waals surface area (Å²) in [5, 5.41) is 16.2. The first-order valence-electron chi connectivity index (χ1n) is 8.46. The number of thiophene rings is 1. The molecule has 5 heteroatoms. The van der Waals surface area contributed by atoms with Crippen molar-refractivity contribution >= 4 is 11.3 Å². The fourth-order valence-corrected chi connectivity index (χ4v) is 4.96. The standard InChI is InChI=1S/C17H25NO3S/c19-13-9-14(15-5-4-8-22-15)18-16(10-13)11-20-17(21-12-16)6-2-1-3-7-17/h4-5,8,13-14,18-19H,1-3,6-7,9-12H2/t13-,14-/m0/s1. The number of rotatable bonds is 1. The maximum atomic E-state index is 10.4. The Bertz CT molecular complexity index is 488. The lowest BCUT2D eigenvalue weighted by atomic mass is 9.83. The van der Waals surface area contributed by atoms with E-state index in [1.54, 1.807) is 11.3 Å². The molecule has 3 aliphatic rings. The first kappa shape index (κ1) is 15.1. The van der Waals surface area contributed by atoms with Gasteiger partial charge >= 0.3 is 0 Å². The smallest absolute Gasteiger partial charge is 0.168 e. The van der Waals surface area contributed by atoms with E-state index in [2.05, 4.69) is 22.8 Å². The molecule has 2 spiro atoms. The van der Waals surface area contributed by atoms with Gasteiger partial charge in [0, 0.05) is 23.8 Å². The molecule has 0 radical (unpaired) electrons. The Morgan fingerprint density at radius 1 is 1.18 bits per heavy atom. The van der Waals surface area contributed by atoms with Gasteiger partial charge in [-0.05, 0) is 37.1 Å². The van der Waals surface area contributed by atoms with Crippen LogP contribution in [0.3, 0.4) is 0 Å². The van der Waals surface area contributed by atoms with Gasteiger partial charge in [0.05, 0.1) is 24.9 Å². The predicted octanol–water partition coefficient (Wildman–Crippen LogP) is 2.98. The molecule has 122 valence electrons. The highest BCUT2D eigenvalue weighted by Gasteiger charge is 2.48. The first-order chi connectivity index (χ1) is 10.7. The van der Waals surface area contributed by atoms with Gasteiger partial charge in [-0.25, -0.2) is 0 Å². The summed E-state index contributed by atoms with van der Waals surface area (Å²) in [5.74, 6) is -0.341. The van der Waals surface area contributed by atoms with E-state index in [-0.39, 0.29) is 23.5 Å². The monoisotopic (exact) mass is 323 g/mol. The molecule has 1 aromatic heterocycles. The second-order valence-electron chi connectivity index (χ2n) is 7.14. The molecule has 0 unspecified atom stereocenters. The molecule has 3 heterocycles. The fraction of sp³-hybridized carbons (Fsp3) is 0.765. The Hall–Kier alpha value is -0.460. The summed E-state index contributed by atoms with van der Waals surface area (Å²) in [5.41, 5.74) is -0.241. The van der Waals surface area contributed by atoms with Crippen LogP contribution in [0.25, 0.3) is 0 Å². The van der Waals surface area contributed by atoms with Crippen molar-refractivity contribution in [2.24, 2.45) is 0 Å². The van der Waals surface area contributed by atoms with Crippen LogP contribution in [0.4, 0.5) is 0 Å². The van der Waals surface area contributed by atoms with Gasteiger partial charge in [0.15, 0.2) is 5.79 Å². The molecule has 1 aromatic rings. The van der Waals surface area contributed by atoms with Crippen LogP contribution in [0.2, 0.25) is 0 Å². The summed E-state index contributed by atoms with van der Waals surface area (Å²) < 4.78 is 12.4. The molecule has 1 aliphatic carbocycles. The van der Waals surface area contributed by atoms with Crippen LogP contribution in [0, 0.1) is 0 Å². The number of ether oxygens (including phenoxy) is 2. The molecule has 4 nitrogen and oxygen atoms in total. The molecular formula is C17H25NO3S. The Kier molecular flexibility index (Phi) is 4.03. The minimum Gasteiger partial charge on any atom is -0.393 e. The Morgan fingerprint density at radius 2 is 1.95 bits per heavy atom. The van der Waals surface area contributed by atoms with E-state index >= 15 is 0 Å². The van der Waals surface area contributed by atoms with Crippen molar-refractivity contribution in [2.75, 3.05) is 13.2 Å². The summed E-state index contributed by atoms with van der Waals surface area (Å²) >= 11 is 1.75. The zero-order valence-electron chi connectivity index (χ0n) is 12.9. The van der Waals surface area contributed by atoms with Crippen LogP contribution < -0.4 is 5.32 Å². The lowest BCUT2D eigenvalue weighted by molar-refractivity contribution is -0.308. The van der Waals surface area contributed by atoms with Gasteiger partial charge in [-0.3, -0.25) is 5.32 Å².